The van der Waals surface area contributed by atoms with E-state index >= 15 is 0 Å². The van der Waals surface area contributed by atoms with Gasteiger partial charge in [0.2, 0.25) is 0 Å². The molecule has 0 spiro atoms. The molecule has 22 heavy (non-hydrogen) atoms. The van der Waals surface area contributed by atoms with Gasteiger partial charge in [-0.15, -0.1) is 0 Å². The van der Waals surface area contributed by atoms with Crippen molar-refractivity contribution in [2.24, 2.45) is 4.99 Å². The molecule has 2 aromatic rings. The molecule has 0 amide bonds. The van der Waals surface area contributed by atoms with E-state index in [9.17, 15) is 26.3 Å². The highest BCUT2D eigenvalue weighted by Gasteiger charge is 2.42. The van der Waals surface area contributed by atoms with Crippen LogP contribution < -0.4 is 0 Å². The van der Waals surface area contributed by atoms with Crippen LogP contribution in [0.15, 0.2) is 35.3 Å². The summed E-state index contributed by atoms with van der Waals surface area (Å²) in [5, 5.41) is 3.03. The van der Waals surface area contributed by atoms with Gasteiger partial charge in [-0.3, -0.25) is 4.99 Å². The lowest BCUT2D eigenvalue weighted by atomic mass is 10.2. The summed E-state index contributed by atoms with van der Waals surface area (Å²) in [6.45, 7) is 0. The van der Waals surface area contributed by atoms with Gasteiger partial charge in [-0.25, -0.2) is 4.68 Å². The van der Waals surface area contributed by atoms with Gasteiger partial charge in [-0.05, 0) is 17.7 Å². The summed E-state index contributed by atoms with van der Waals surface area (Å²) in [5.41, 5.74) is -2.62. The quantitative estimate of drug-likeness (QED) is 0.608. The molecule has 0 N–H and O–H groups in total. The molecule has 9 heteroatoms. The van der Waals surface area contributed by atoms with Crippen molar-refractivity contribution in [2.45, 2.75) is 12.4 Å². The van der Waals surface area contributed by atoms with Crippen LogP contribution in [0.1, 0.15) is 17.0 Å². The first-order valence-corrected chi connectivity index (χ1v) is 5.90. The number of rotatable bonds is 2. The zero-order valence-electron chi connectivity index (χ0n) is 11.1. The summed E-state index contributed by atoms with van der Waals surface area (Å²) < 4.78 is 76.7. The van der Waals surface area contributed by atoms with Crippen molar-refractivity contribution in [1.29, 1.82) is 0 Å². The molecule has 1 aromatic heterocycles. The summed E-state index contributed by atoms with van der Waals surface area (Å²) in [6.07, 6.45) is -8.46. The third-order valence-corrected chi connectivity index (χ3v) is 2.71. The molecule has 2 rings (SSSR count). The first kappa shape index (κ1) is 16.1. The minimum absolute atomic E-state index is 0.0125. The Bertz CT molecular complexity index is 679. The fraction of sp³-hybridized carbons (Fsp3) is 0.231. The lowest BCUT2D eigenvalue weighted by Crippen LogP contribution is -2.13. The predicted molar refractivity (Wildman–Crippen MR) is 67.1 cm³/mol. The summed E-state index contributed by atoms with van der Waals surface area (Å²) in [7, 11) is 1.51. The number of halogens is 6. The molecule has 3 nitrogen and oxygen atoms in total. The van der Waals surface area contributed by atoms with E-state index in [-0.39, 0.29) is 16.4 Å². The van der Waals surface area contributed by atoms with Crippen LogP contribution in [0.25, 0.3) is 5.69 Å². The second-order valence-electron chi connectivity index (χ2n) is 4.30. The molecule has 118 valence electrons. The van der Waals surface area contributed by atoms with Crippen LogP contribution in [-0.2, 0) is 12.4 Å². The molecular weight excluding hydrogens is 312 g/mol. The molecule has 0 aliphatic carbocycles. The van der Waals surface area contributed by atoms with Crippen LogP contribution in [0.3, 0.4) is 0 Å². The maximum absolute atomic E-state index is 12.9. The lowest BCUT2D eigenvalue weighted by molar-refractivity contribution is -0.143. The first-order chi connectivity index (χ1) is 10.1. The molecule has 0 unspecified atom stereocenters. The van der Waals surface area contributed by atoms with E-state index < -0.39 is 23.7 Å². The van der Waals surface area contributed by atoms with E-state index in [0.717, 1.165) is 0 Å². The van der Waals surface area contributed by atoms with Gasteiger partial charge in [0.05, 0.1) is 5.69 Å². The van der Waals surface area contributed by atoms with Gasteiger partial charge in [0.25, 0.3) is 0 Å². The number of alkyl halides is 6. The van der Waals surface area contributed by atoms with E-state index in [1.807, 2.05) is 0 Å². The molecular formula is C13H9F6N3. The van der Waals surface area contributed by atoms with E-state index in [4.69, 9.17) is 0 Å². The maximum Gasteiger partial charge on any atom is 0.435 e. The molecule has 0 saturated heterocycles. The monoisotopic (exact) mass is 321 g/mol. The Labute approximate surface area is 120 Å². The Kier molecular flexibility index (Phi) is 3.99. The van der Waals surface area contributed by atoms with Crippen molar-refractivity contribution >= 4 is 6.21 Å². The largest absolute Gasteiger partial charge is 0.435 e. The van der Waals surface area contributed by atoms with Crippen LogP contribution in [0.5, 0.6) is 0 Å². The predicted octanol–water partition coefficient (Wildman–Crippen LogP) is 3.96. The number of nitrogens with zero attached hydrogens (tertiary/aromatic N) is 3. The average Bonchev–Trinajstić information content (AvgIpc) is 2.85. The summed E-state index contributed by atoms with van der Waals surface area (Å²) in [5.74, 6) is 0. The lowest BCUT2D eigenvalue weighted by Gasteiger charge is -2.10. The Hall–Kier alpha value is -2.32. The highest BCUT2D eigenvalue weighted by molar-refractivity contribution is 5.79. The smallest absolute Gasteiger partial charge is 0.296 e. The summed E-state index contributed by atoms with van der Waals surface area (Å²) in [6, 6.07) is 5.31. The Morgan fingerprint density at radius 3 is 2.05 bits per heavy atom. The summed E-state index contributed by atoms with van der Waals surface area (Å²) in [4.78, 5) is 3.73. The Morgan fingerprint density at radius 2 is 1.59 bits per heavy atom. The van der Waals surface area contributed by atoms with Crippen LogP contribution in [0.4, 0.5) is 26.3 Å². The molecule has 0 radical (unpaired) electrons. The topological polar surface area (TPSA) is 30.2 Å². The van der Waals surface area contributed by atoms with E-state index in [2.05, 4.69) is 10.1 Å². The van der Waals surface area contributed by atoms with Gasteiger partial charge in [-0.1, -0.05) is 12.1 Å². The maximum atomic E-state index is 12.9. The van der Waals surface area contributed by atoms with Crippen LogP contribution >= 0.6 is 0 Å². The molecule has 0 atom stereocenters. The van der Waals surface area contributed by atoms with E-state index in [1.54, 1.807) is 0 Å². The first-order valence-electron chi connectivity index (χ1n) is 5.90. The molecule has 0 saturated carbocycles. The van der Waals surface area contributed by atoms with Crippen molar-refractivity contribution in [2.75, 3.05) is 7.05 Å². The Balaban J connectivity index is 2.55. The van der Waals surface area contributed by atoms with Crippen molar-refractivity contribution in [1.82, 2.24) is 9.78 Å². The van der Waals surface area contributed by atoms with Crippen molar-refractivity contribution in [3.8, 4) is 5.69 Å². The van der Waals surface area contributed by atoms with E-state index in [0.29, 0.717) is 5.56 Å². The third-order valence-electron chi connectivity index (χ3n) is 2.71. The number of aliphatic imine (C=N–C) groups is 1. The van der Waals surface area contributed by atoms with Gasteiger partial charge >= 0.3 is 12.4 Å². The van der Waals surface area contributed by atoms with Crippen molar-refractivity contribution in [3.05, 3.63) is 47.3 Å². The van der Waals surface area contributed by atoms with E-state index in [1.165, 1.54) is 37.5 Å². The average molecular weight is 321 g/mol. The molecule has 1 heterocycles. The highest BCUT2D eigenvalue weighted by atomic mass is 19.4. The molecule has 1 aromatic carbocycles. The molecule has 0 fully saturated rings. The number of aromatic nitrogens is 2. The summed E-state index contributed by atoms with van der Waals surface area (Å²) >= 11 is 0. The number of hydrogen-bond donors (Lipinski definition) is 0. The fourth-order valence-electron chi connectivity index (χ4n) is 1.77. The minimum atomic E-state index is -4.96. The van der Waals surface area contributed by atoms with Crippen LogP contribution in [-0.4, -0.2) is 23.0 Å². The second-order valence-corrected chi connectivity index (χ2v) is 4.30. The number of benzene rings is 1. The Morgan fingerprint density at radius 1 is 1.00 bits per heavy atom. The van der Waals surface area contributed by atoms with Gasteiger partial charge in [0, 0.05) is 19.3 Å². The van der Waals surface area contributed by atoms with Gasteiger partial charge < -0.3 is 0 Å². The third kappa shape index (κ3) is 3.29. The second kappa shape index (κ2) is 5.47. The molecule has 0 bridgehead atoms. The fourth-order valence-corrected chi connectivity index (χ4v) is 1.77. The normalized spacial score (nSPS) is 13.0. The standard InChI is InChI=1S/C13H9F6N3/c1-20-7-8-2-4-9(5-3-8)22-11(13(17,18)19)6-10(21-22)12(14,15)16/h2-7H,1H3. The van der Waals surface area contributed by atoms with Crippen LogP contribution in [0.2, 0.25) is 0 Å². The van der Waals surface area contributed by atoms with Crippen molar-refractivity contribution < 1.29 is 26.3 Å². The zero-order valence-corrected chi connectivity index (χ0v) is 11.1. The molecule has 0 aliphatic heterocycles. The van der Waals surface area contributed by atoms with Gasteiger partial charge in [-0.2, -0.15) is 31.4 Å². The highest BCUT2D eigenvalue weighted by Crippen LogP contribution is 2.36. The molecule has 0 aliphatic rings. The SMILES string of the molecule is CN=Cc1ccc(-n2nc(C(F)(F)F)cc2C(F)(F)F)cc1. The van der Waals surface area contributed by atoms with Gasteiger partial charge in [0.15, 0.2) is 5.69 Å². The van der Waals surface area contributed by atoms with Crippen LogP contribution in [0, 0.1) is 0 Å². The zero-order chi connectivity index (χ0) is 16.5. The minimum Gasteiger partial charge on any atom is -0.296 e. The van der Waals surface area contributed by atoms with Gasteiger partial charge in [0.1, 0.15) is 5.69 Å². The van der Waals surface area contributed by atoms with Crippen molar-refractivity contribution in [3.63, 3.8) is 0 Å². The number of hydrogen-bond acceptors (Lipinski definition) is 2.